The summed E-state index contributed by atoms with van der Waals surface area (Å²) in [5.41, 5.74) is 3.25. The first kappa shape index (κ1) is 23.5. The van der Waals surface area contributed by atoms with E-state index in [1.807, 2.05) is 25.2 Å². The van der Waals surface area contributed by atoms with Gasteiger partial charge in [0.1, 0.15) is 6.61 Å². The van der Waals surface area contributed by atoms with Crippen LogP contribution >= 0.6 is 11.6 Å². The van der Waals surface area contributed by atoms with Crippen molar-refractivity contribution in [3.8, 4) is 5.75 Å². The van der Waals surface area contributed by atoms with Gasteiger partial charge in [-0.05, 0) is 98.0 Å². The molecule has 0 heterocycles. The molecule has 0 aromatic heterocycles. The summed E-state index contributed by atoms with van der Waals surface area (Å²) in [7, 11) is -1.37. The summed E-state index contributed by atoms with van der Waals surface area (Å²) in [5, 5.41) is 3.97. The van der Waals surface area contributed by atoms with Crippen molar-refractivity contribution in [2.45, 2.75) is 31.6 Å². The lowest BCUT2D eigenvalue weighted by Gasteiger charge is -2.21. The first-order valence-corrected chi connectivity index (χ1v) is 13.2. The average molecular weight is 481 g/mol. The first-order chi connectivity index (χ1) is 15.3. The summed E-state index contributed by atoms with van der Waals surface area (Å²) in [6.07, 6.45) is 3.57. The molecule has 0 aliphatic heterocycles. The minimum absolute atomic E-state index is 0.0819. The molecule has 2 aromatic rings. The van der Waals surface area contributed by atoms with E-state index in [-0.39, 0.29) is 36.5 Å². The van der Waals surface area contributed by atoms with Crippen molar-refractivity contribution < 1.29 is 17.5 Å². The maximum Gasteiger partial charge on any atom is 0.211 e. The number of benzene rings is 2. The lowest BCUT2D eigenvalue weighted by atomic mass is 9.86. The molecule has 174 valence electrons. The van der Waals surface area contributed by atoms with Crippen molar-refractivity contribution >= 4 is 21.6 Å². The molecular formula is C24H30ClFN2O3S. The van der Waals surface area contributed by atoms with E-state index in [4.69, 9.17) is 16.3 Å². The number of fused-ring (bicyclic) bond motifs is 1. The Kier molecular flexibility index (Phi) is 7.40. The van der Waals surface area contributed by atoms with Crippen LogP contribution in [-0.4, -0.2) is 40.9 Å². The summed E-state index contributed by atoms with van der Waals surface area (Å²) in [5.74, 6) is 0.777. The molecule has 0 amide bonds. The molecule has 4 rings (SSSR count). The average Bonchev–Trinajstić information content (AvgIpc) is 3.48. The van der Waals surface area contributed by atoms with Crippen LogP contribution in [0.5, 0.6) is 5.75 Å². The molecule has 5 nitrogen and oxygen atoms in total. The minimum atomic E-state index is -3.29. The fourth-order valence-electron chi connectivity index (χ4n) is 4.60. The Morgan fingerprint density at radius 2 is 2.03 bits per heavy atom. The maximum absolute atomic E-state index is 14.7. The molecule has 0 bridgehead atoms. The van der Waals surface area contributed by atoms with Gasteiger partial charge in [-0.25, -0.2) is 17.5 Å². The molecule has 8 heteroatoms. The number of halogens is 2. The summed E-state index contributed by atoms with van der Waals surface area (Å²) >= 11 is 6.18. The molecule has 1 saturated carbocycles. The van der Waals surface area contributed by atoms with E-state index in [0.717, 1.165) is 48.9 Å². The van der Waals surface area contributed by atoms with Crippen LogP contribution in [0.3, 0.4) is 0 Å². The highest BCUT2D eigenvalue weighted by Crippen LogP contribution is 2.42. The smallest absolute Gasteiger partial charge is 0.211 e. The van der Waals surface area contributed by atoms with Crippen LogP contribution in [0, 0.1) is 17.7 Å². The molecule has 0 radical (unpaired) electrons. The highest BCUT2D eigenvalue weighted by atomic mass is 35.5. The van der Waals surface area contributed by atoms with E-state index in [0.29, 0.717) is 10.9 Å². The summed E-state index contributed by atoms with van der Waals surface area (Å²) < 4.78 is 46.9. The number of ether oxygens (including phenoxy) is 1. The number of hydrogen-bond acceptors (Lipinski definition) is 4. The van der Waals surface area contributed by atoms with E-state index < -0.39 is 15.8 Å². The molecule has 2 aliphatic carbocycles. The normalized spacial score (nSPS) is 20.3. The van der Waals surface area contributed by atoms with E-state index >= 15 is 0 Å². The monoisotopic (exact) mass is 480 g/mol. The van der Waals surface area contributed by atoms with E-state index in [2.05, 4.69) is 16.1 Å². The van der Waals surface area contributed by atoms with Crippen LogP contribution in [0.1, 0.15) is 35.4 Å². The van der Waals surface area contributed by atoms with E-state index in [1.54, 1.807) is 12.1 Å². The standard InChI is InChI=1S/C24H30ClFN2O3S/c1-27-14-19-11-18-12-23(26)24(31-8-7-28-32(29,30)15-16-5-6-16)13-22(18)21(19)10-17-3-2-4-20(25)9-17/h2-4,9,12-13,16,19,21,27-28H,5-8,10-11,14-15H2,1H3. The lowest BCUT2D eigenvalue weighted by Crippen LogP contribution is -2.31. The number of nitrogens with one attached hydrogen (secondary N) is 2. The van der Waals surface area contributed by atoms with Gasteiger partial charge in [-0.3, -0.25) is 0 Å². The van der Waals surface area contributed by atoms with Gasteiger partial charge in [-0.1, -0.05) is 23.7 Å². The highest BCUT2D eigenvalue weighted by Gasteiger charge is 2.33. The second-order valence-electron chi connectivity index (χ2n) is 8.91. The van der Waals surface area contributed by atoms with Gasteiger partial charge in [0.2, 0.25) is 10.0 Å². The maximum atomic E-state index is 14.7. The second kappa shape index (κ2) is 10.1. The SMILES string of the molecule is CNCC1Cc2cc(F)c(OCCNS(=O)(=O)CC3CC3)cc2C1Cc1cccc(Cl)c1. The summed E-state index contributed by atoms with van der Waals surface area (Å²) in [4.78, 5) is 0. The van der Waals surface area contributed by atoms with Crippen LogP contribution in [-0.2, 0) is 22.9 Å². The molecule has 2 unspecified atom stereocenters. The number of hydrogen-bond donors (Lipinski definition) is 2. The Balaban J connectivity index is 1.45. The highest BCUT2D eigenvalue weighted by molar-refractivity contribution is 7.89. The van der Waals surface area contributed by atoms with Gasteiger partial charge in [0.05, 0.1) is 5.75 Å². The molecule has 2 aromatic carbocycles. The quantitative estimate of drug-likeness (QED) is 0.478. The van der Waals surface area contributed by atoms with Crippen molar-refractivity contribution in [3.05, 3.63) is 63.9 Å². The summed E-state index contributed by atoms with van der Waals surface area (Å²) in [6.45, 7) is 1.04. The fraction of sp³-hybridized carbons (Fsp3) is 0.500. The van der Waals surface area contributed by atoms with Crippen LogP contribution in [0.4, 0.5) is 4.39 Å². The fourth-order valence-corrected chi connectivity index (χ4v) is 6.28. The summed E-state index contributed by atoms with van der Waals surface area (Å²) in [6, 6.07) is 11.2. The van der Waals surface area contributed by atoms with Crippen molar-refractivity contribution in [1.29, 1.82) is 0 Å². The molecule has 32 heavy (non-hydrogen) atoms. The van der Waals surface area contributed by atoms with Gasteiger partial charge in [0, 0.05) is 11.6 Å². The van der Waals surface area contributed by atoms with Gasteiger partial charge < -0.3 is 10.1 Å². The van der Waals surface area contributed by atoms with Gasteiger partial charge in [0.25, 0.3) is 0 Å². The van der Waals surface area contributed by atoms with Crippen LogP contribution < -0.4 is 14.8 Å². The second-order valence-corrected chi connectivity index (χ2v) is 11.2. The Hall–Kier alpha value is -1.67. The molecule has 2 aliphatic rings. The van der Waals surface area contributed by atoms with E-state index in [1.165, 1.54) is 0 Å². The Labute approximate surface area is 194 Å². The molecule has 0 spiro atoms. The van der Waals surface area contributed by atoms with Crippen LogP contribution in [0.2, 0.25) is 5.02 Å². The zero-order chi connectivity index (χ0) is 22.7. The third kappa shape index (κ3) is 6.01. The topological polar surface area (TPSA) is 67.4 Å². The lowest BCUT2D eigenvalue weighted by molar-refractivity contribution is 0.305. The Morgan fingerprint density at radius 1 is 1.22 bits per heavy atom. The van der Waals surface area contributed by atoms with Crippen LogP contribution in [0.25, 0.3) is 0 Å². The predicted octanol–water partition coefficient (Wildman–Crippen LogP) is 3.91. The molecular weight excluding hydrogens is 451 g/mol. The molecule has 1 fully saturated rings. The Bertz CT molecular complexity index is 1060. The van der Waals surface area contributed by atoms with Gasteiger partial charge in [-0.2, -0.15) is 0 Å². The van der Waals surface area contributed by atoms with Gasteiger partial charge in [0.15, 0.2) is 11.6 Å². The minimum Gasteiger partial charge on any atom is -0.489 e. The van der Waals surface area contributed by atoms with Crippen molar-refractivity contribution in [3.63, 3.8) is 0 Å². The first-order valence-electron chi connectivity index (χ1n) is 11.2. The molecule has 0 saturated heterocycles. The zero-order valence-corrected chi connectivity index (χ0v) is 19.8. The third-order valence-electron chi connectivity index (χ3n) is 6.29. The zero-order valence-electron chi connectivity index (χ0n) is 18.2. The number of sulfonamides is 1. The Morgan fingerprint density at radius 3 is 2.75 bits per heavy atom. The largest absolute Gasteiger partial charge is 0.489 e. The predicted molar refractivity (Wildman–Crippen MR) is 125 cm³/mol. The molecule has 2 atom stereocenters. The molecule has 2 N–H and O–H groups in total. The third-order valence-corrected chi connectivity index (χ3v) is 8.08. The number of rotatable bonds is 11. The van der Waals surface area contributed by atoms with Gasteiger partial charge in [-0.15, -0.1) is 0 Å². The van der Waals surface area contributed by atoms with Crippen molar-refractivity contribution in [2.24, 2.45) is 11.8 Å². The van der Waals surface area contributed by atoms with Crippen LogP contribution in [0.15, 0.2) is 36.4 Å². The van der Waals surface area contributed by atoms with Gasteiger partial charge >= 0.3 is 0 Å². The van der Waals surface area contributed by atoms with Crippen molar-refractivity contribution in [1.82, 2.24) is 10.0 Å². The van der Waals surface area contributed by atoms with Crippen molar-refractivity contribution in [2.75, 3.05) is 32.5 Å². The van der Waals surface area contributed by atoms with E-state index in [9.17, 15) is 12.8 Å².